The highest BCUT2D eigenvalue weighted by atomic mass is 16.7. The standard InChI is InChI=1S/C16H22N2O3/c19-11-12-4-6-13(7-5-12)16(20)18-15(8-10-21-18)14-3-1-2-9-17-14/h1-3,9,12-13,15,19H,4-8,10-11H2/t12?,13?,15-/m0/s1. The molecular formula is C16H22N2O3. The number of aromatic nitrogens is 1. The molecule has 0 spiro atoms. The summed E-state index contributed by atoms with van der Waals surface area (Å²) in [6.07, 6.45) is 6.10. The van der Waals surface area contributed by atoms with Crippen LogP contribution in [0.15, 0.2) is 24.4 Å². The summed E-state index contributed by atoms with van der Waals surface area (Å²) in [5.74, 6) is 0.469. The van der Waals surface area contributed by atoms with Crippen molar-refractivity contribution in [3.63, 3.8) is 0 Å². The highest BCUT2D eigenvalue weighted by Crippen LogP contribution is 2.35. The molecule has 1 saturated heterocycles. The van der Waals surface area contributed by atoms with Crippen LogP contribution < -0.4 is 0 Å². The molecule has 2 aliphatic rings. The predicted octanol–water partition coefficient (Wildman–Crippen LogP) is 2.09. The maximum absolute atomic E-state index is 12.7. The van der Waals surface area contributed by atoms with Crippen LogP contribution in [0.1, 0.15) is 43.8 Å². The second-order valence-corrected chi connectivity index (χ2v) is 5.96. The molecule has 1 aliphatic heterocycles. The number of amides is 1. The van der Waals surface area contributed by atoms with E-state index in [4.69, 9.17) is 4.84 Å². The predicted molar refractivity (Wildman–Crippen MR) is 76.9 cm³/mol. The number of carbonyl (C=O) groups is 1. The van der Waals surface area contributed by atoms with E-state index in [1.54, 1.807) is 11.3 Å². The Labute approximate surface area is 124 Å². The first-order valence-corrected chi connectivity index (χ1v) is 7.77. The Morgan fingerprint density at radius 3 is 2.76 bits per heavy atom. The first-order chi connectivity index (χ1) is 10.3. The van der Waals surface area contributed by atoms with Crippen LogP contribution in [0.4, 0.5) is 0 Å². The van der Waals surface area contributed by atoms with Crippen LogP contribution in [-0.2, 0) is 9.63 Å². The van der Waals surface area contributed by atoms with E-state index in [1.165, 1.54) is 0 Å². The number of carbonyl (C=O) groups excluding carboxylic acids is 1. The molecule has 21 heavy (non-hydrogen) atoms. The summed E-state index contributed by atoms with van der Waals surface area (Å²) in [7, 11) is 0. The van der Waals surface area contributed by atoms with Crippen molar-refractivity contribution in [2.24, 2.45) is 11.8 Å². The Kier molecular flexibility index (Phi) is 4.51. The van der Waals surface area contributed by atoms with Gasteiger partial charge in [0.05, 0.1) is 12.3 Å². The largest absolute Gasteiger partial charge is 0.396 e. The zero-order valence-corrected chi connectivity index (χ0v) is 12.1. The van der Waals surface area contributed by atoms with Crippen LogP contribution in [0.25, 0.3) is 0 Å². The minimum Gasteiger partial charge on any atom is -0.396 e. The number of hydroxylamine groups is 2. The molecule has 1 saturated carbocycles. The third-order valence-corrected chi connectivity index (χ3v) is 4.61. The van der Waals surface area contributed by atoms with Gasteiger partial charge in [0.15, 0.2) is 0 Å². The first kappa shape index (κ1) is 14.5. The molecule has 5 nitrogen and oxygen atoms in total. The van der Waals surface area contributed by atoms with Crippen LogP contribution in [-0.4, -0.2) is 34.3 Å². The van der Waals surface area contributed by atoms with E-state index in [0.29, 0.717) is 12.5 Å². The van der Waals surface area contributed by atoms with Gasteiger partial charge in [-0.25, -0.2) is 5.06 Å². The summed E-state index contributed by atoms with van der Waals surface area (Å²) in [4.78, 5) is 22.6. The van der Waals surface area contributed by atoms with Gasteiger partial charge in [-0.1, -0.05) is 6.07 Å². The molecule has 0 unspecified atom stereocenters. The molecule has 0 radical (unpaired) electrons. The summed E-state index contributed by atoms with van der Waals surface area (Å²) in [6.45, 7) is 0.802. The maximum Gasteiger partial charge on any atom is 0.249 e. The lowest BCUT2D eigenvalue weighted by molar-refractivity contribution is -0.183. The van der Waals surface area contributed by atoms with Crippen molar-refractivity contribution < 1.29 is 14.7 Å². The van der Waals surface area contributed by atoms with Crippen LogP contribution in [0, 0.1) is 11.8 Å². The highest BCUT2D eigenvalue weighted by molar-refractivity contribution is 5.78. The zero-order valence-electron chi connectivity index (χ0n) is 12.1. The molecule has 1 aliphatic carbocycles. The summed E-state index contributed by atoms with van der Waals surface area (Å²) in [6, 6.07) is 5.70. The van der Waals surface area contributed by atoms with Crippen molar-refractivity contribution in [2.75, 3.05) is 13.2 Å². The fraction of sp³-hybridized carbons (Fsp3) is 0.625. The molecule has 0 bridgehead atoms. The number of aliphatic hydroxyl groups excluding tert-OH is 1. The van der Waals surface area contributed by atoms with Crippen molar-refractivity contribution in [2.45, 2.75) is 38.1 Å². The minimum atomic E-state index is -0.0609. The molecule has 1 amide bonds. The molecular weight excluding hydrogens is 268 g/mol. The smallest absolute Gasteiger partial charge is 0.249 e. The fourth-order valence-electron chi connectivity index (χ4n) is 3.30. The van der Waals surface area contributed by atoms with Gasteiger partial charge in [0.25, 0.3) is 0 Å². The van der Waals surface area contributed by atoms with Gasteiger partial charge in [0, 0.05) is 25.1 Å². The first-order valence-electron chi connectivity index (χ1n) is 7.77. The van der Waals surface area contributed by atoms with Gasteiger partial charge in [-0.3, -0.25) is 14.6 Å². The Morgan fingerprint density at radius 1 is 1.29 bits per heavy atom. The summed E-state index contributed by atoms with van der Waals surface area (Å²) >= 11 is 0. The van der Waals surface area contributed by atoms with Gasteiger partial charge in [-0.2, -0.15) is 0 Å². The van der Waals surface area contributed by atoms with E-state index >= 15 is 0 Å². The number of rotatable bonds is 3. The topological polar surface area (TPSA) is 62.7 Å². The molecule has 2 fully saturated rings. The lowest BCUT2D eigenvalue weighted by Gasteiger charge is -2.31. The summed E-state index contributed by atoms with van der Waals surface area (Å²) in [5, 5.41) is 10.7. The fourth-order valence-corrected chi connectivity index (χ4v) is 3.30. The molecule has 0 aromatic carbocycles. The number of hydrogen-bond acceptors (Lipinski definition) is 4. The Hall–Kier alpha value is -1.46. The van der Waals surface area contributed by atoms with Gasteiger partial charge in [-0.15, -0.1) is 0 Å². The molecule has 3 rings (SSSR count). The number of aliphatic hydroxyl groups is 1. The van der Waals surface area contributed by atoms with E-state index in [9.17, 15) is 9.90 Å². The molecule has 1 N–H and O–H groups in total. The van der Waals surface area contributed by atoms with E-state index < -0.39 is 0 Å². The van der Waals surface area contributed by atoms with Crippen LogP contribution >= 0.6 is 0 Å². The van der Waals surface area contributed by atoms with Crippen molar-refractivity contribution in [1.82, 2.24) is 10.0 Å². The van der Waals surface area contributed by atoms with E-state index in [-0.39, 0.29) is 24.5 Å². The number of nitrogens with zero attached hydrogens (tertiary/aromatic N) is 2. The van der Waals surface area contributed by atoms with Gasteiger partial charge < -0.3 is 5.11 Å². The third-order valence-electron chi connectivity index (χ3n) is 4.61. The molecule has 1 atom stereocenters. The Morgan fingerprint density at radius 2 is 2.10 bits per heavy atom. The van der Waals surface area contributed by atoms with Crippen LogP contribution in [0.2, 0.25) is 0 Å². The van der Waals surface area contributed by atoms with Gasteiger partial charge in [0.1, 0.15) is 6.04 Å². The monoisotopic (exact) mass is 290 g/mol. The van der Waals surface area contributed by atoms with Crippen molar-refractivity contribution >= 4 is 5.91 Å². The molecule has 1 aromatic heterocycles. The average molecular weight is 290 g/mol. The van der Waals surface area contributed by atoms with E-state index in [2.05, 4.69) is 4.98 Å². The van der Waals surface area contributed by atoms with Crippen molar-refractivity contribution in [3.05, 3.63) is 30.1 Å². The van der Waals surface area contributed by atoms with Crippen LogP contribution in [0.3, 0.4) is 0 Å². The van der Waals surface area contributed by atoms with Crippen molar-refractivity contribution in [3.8, 4) is 0 Å². The normalized spacial score (nSPS) is 29.6. The lowest BCUT2D eigenvalue weighted by Crippen LogP contribution is -2.37. The zero-order chi connectivity index (χ0) is 14.7. The quantitative estimate of drug-likeness (QED) is 0.926. The Bertz CT molecular complexity index is 472. The molecule has 114 valence electrons. The minimum absolute atomic E-state index is 0.0251. The van der Waals surface area contributed by atoms with Crippen molar-refractivity contribution in [1.29, 1.82) is 0 Å². The molecule has 2 heterocycles. The molecule has 1 aromatic rings. The SMILES string of the molecule is O=C(C1CCC(CO)CC1)N1OCC[C@H]1c1ccccn1. The average Bonchev–Trinajstić information content (AvgIpc) is 3.04. The van der Waals surface area contributed by atoms with E-state index in [0.717, 1.165) is 37.8 Å². The second-order valence-electron chi connectivity index (χ2n) is 5.96. The number of pyridine rings is 1. The van der Waals surface area contributed by atoms with Gasteiger partial charge >= 0.3 is 0 Å². The maximum atomic E-state index is 12.7. The Balaban J connectivity index is 1.67. The lowest BCUT2D eigenvalue weighted by atomic mass is 9.82. The third kappa shape index (κ3) is 3.09. The highest BCUT2D eigenvalue weighted by Gasteiger charge is 2.37. The molecule has 5 heteroatoms. The summed E-state index contributed by atoms with van der Waals surface area (Å²) in [5.41, 5.74) is 0.896. The van der Waals surface area contributed by atoms with E-state index in [1.807, 2.05) is 18.2 Å². The number of hydrogen-bond donors (Lipinski definition) is 1. The van der Waals surface area contributed by atoms with Gasteiger partial charge in [-0.05, 0) is 43.7 Å². The van der Waals surface area contributed by atoms with Gasteiger partial charge in [0.2, 0.25) is 5.91 Å². The van der Waals surface area contributed by atoms with Crippen LogP contribution in [0.5, 0.6) is 0 Å². The summed E-state index contributed by atoms with van der Waals surface area (Å²) < 4.78 is 0. The second kappa shape index (κ2) is 6.54.